The Kier molecular flexibility index (Phi) is 2.58. The Bertz CT molecular complexity index is 356. The van der Waals surface area contributed by atoms with Gasteiger partial charge >= 0.3 is 6.03 Å². The van der Waals surface area contributed by atoms with E-state index in [1.165, 1.54) is 12.3 Å². The molecule has 7 nitrogen and oxygen atoms in total. The van der Waals surface area contributed by atoms with E-state index in [1.807, 2.05) is 0 Å². The van der Waals surface area contributed by atoms with Crippen LogP contribution in [0, 0.1) is 0 Å². The van der Waals surface area contributed by atoms with E-state index in [-0.39, 0.29) is 5.76 Å². The molecule has 0 aromatic heterocycles. The van der Waals surface area contributed by atoms with Gasteiger partial charge in [-0.25, -0.2) is 4.79 Å². The van der Waals surface area contributed by atoms with Crippen LogP contribution in [-0.2, 0) is 4.74 Å². The number of ether oxygens (including phenoxy) is 1. The van der Waals surface area contributed by atoms with Crippen molar-refractivity contribution in [2.45, 2.75) is 24.7 Å². The standard InChI is InChI=1S/C9H12N2O5/c1-4-6(13)7(14)8(16-4)11-3-2-5(12)10-9(11)15/h2-3,5-8,12-14H,1H2,(H,10,15)/t5?,6-,7-,8-/m1/s1. The summed E-state index contributed by atoms with van der Waals surface area (Å²) in [7, 11) is 0. The van der Waals surface area contributed by atoms with E-state index in [1.54, 1.807) is 0 Å². The highest BCUT2D eigenvalue weighted by molar-refractivity contribution is 5.77. The molecule has 0 bridgehead atoms. The second-order valence-corrected chi connectivity index (χ2v) is 3.55. The third-order valence-electron chi connectivity index (χ3n) is 2.43. The molecule has 4 N–H and O–H groups in total. The molecular formula is C9H12N2O5. The summed E-state index contributed by atoms with van der Waals surface area (Å²) >= 11 is 0. The molecule has 2 aliphatic heterocycles. The Labute approximate surface area is 91.2 Å². The second-order valence-electron chi connectivity index (χ2n) is 3.55. The number of hydrogen-bond acceptors (Lipinski definition) is 5. The molecule has 2 aliphatic rings. The Morgan fingerprint density at radius 1 is 1.44 bits per heavy atom. The normalized spacial score (nSPS) is 38.6. The third kappa shape index (κ3) is 1.64. The fourth-order valence-corrected chi connectivity index (χ4v) is 1.55. The van der Waals surface area contributed by atoms with Crippen LogP contribution in [0.2, 0.25) is 0 Å². The number of urea groups is 1. The maximum absolute atomic E-state index is 11.5. The molecule has 16 heavy (non-hydrogen) atoms. The van der Waals surface area contributed by atoms with Crippen LogP contribution in [0.5, 0.6) is 0 Å². The van der Waals surface area contributed by atoms with Gasteiger partial charge in [-0.3, -0.25) is 4.90 Å². The lowest BCUT2D eigenvalue weighted by atomic mass is 10.2. The van der Waals surface area contributed by atoms with Crippen molar-refractivity contribution in [2.24, 2.45) is 0 Å². The van der Waals surface area contributed by atoms with Gasteiger partial charge in [-0.05, 0) is 6.08 Å². The first-order valence-corrected chi connectivity index (χ1v) is 4.67. The van der Waals surface area contributed by atoms with E-state index in [0.717, 1.165) is 4.90 Å². The Hall–Kier alpha value is -1.57. The summed E-state index contributed by atoms with van der Waals surface area (Å²) in [6.45, 7) is 3.41. The smallest absolute Gasteiger partial charge is 0.326 e. The zero-order valence-corrected chi connectivity index (χ0v) is 8.28. The molecule has 2 heterocycles. The Morgan fingerprint density at radius 2 is 2.12 bits per heavy atom. The largest absolute Gasteiger partial charge is 0.469 e. The van der Waals surface area contributed by atoms with Crippen LogP contribution >= 0.6 is 0 Å². The van der Waals surface area contributed by atoms with Crippen molar-refractivity contribution in [1.82, 2.24) is 10.2 Å². The lowest BCUT2D eigenvalue weighted by Gasteiger charge is -2.30. The molecule has 0 aliphatic carbocycles. The molecule has 0 saturated carbocycles. The van der Waals surface area contributed by atoms with E-state index in [4.69, 9.17) is 9.84 Å². The number of nitrogens with one attached hydrogen (secondary N) is 1. The molecule has 0 aromatic carbocycles. The maximum atomic E-state index is 11.5. The monoisotopic (exact) mass is 228 g/mol. The maximum Gasteiger partial charge on any atom is 0.326 e. The SMILES string of the molecule is C=C1O[C@@H](N2C=CC(O)NC2=O)[C@H](O)[C@@H]1O. The number of aliphatic hydroxyl groups is 3. The summed E-state index contributed by atoms with van der Waals surface area (Å²) < 4.78 is 5.07. The van der Waals surface area contributed by atoms with Crippen molar-refractivity contribution < 1.29 is 24.9 Å². The predicted octanol–water partition coefficient (Wildman–Crippen LogP) is -1.56. The summed E-state index contributed by atoms with van der Waals surface area (Å²) in [5, 5.41) is 30.3. The van der Waals surface area contributed by atoms with Crippen molar-refractivity contribution in [3.05, 3.63) is 24.6 Å². The van der Waals surface area contributed by atoms with Gasteiger partial charge < -0.3 is 25.4 Å². The van der Waals surface area contributed by atoms with Gasteiger partial charge in [0.1, 0.15) is 24.2 Å². The van der Waals surface area contributed by atoms with Crippen LogP contribution in [0.3, 0.4) is 0 Å². The average molecular weight is 228 g/mol. The van der Waals surface area contributed by atoms with E-state index >= 15 is 0 Å². The molecule has 88 valence electrons. The second kappa shape index (κ2) is 3.78. The molecule has 2 amide bonds. The fraction of sp³-hybridized carbons (Fsp3) is 0.444. The van der Waals surface area contributed by atoms with Gasteiger partial charge in [0.25, 0.3) is 0 Å². The van der Waals surface area contributed by atoms with Crippen LogP contribution in [-0.4, -0.2) is 50.9 Å². The predicted molar refractivity (Wildman–Crippen MR) is 51.5 cm³/mol. The van der Waals surface area contributed by atoms with Crippen molar-refractivity contribution in [1.29, 1.82) is 0 Å². The quantitative estimate of drug-likeness (QED) is 0.434. The van der Waals surface area contributed by atoms with Crippen molar-refractivity contribution in [2.75, 3.05) is 0 Å². The van der Waals surface area contributed by atoms with E-state index in [0.29, 0.717) is 0 Å². The zero-order valence-electron chi connectivity index (χ0n) is 8.28. The average Bonchev–Trinajstić information content (AvgIpc) is 2.46. The molecule has 1 saturated heterocycles. The van der Waals surface area contributed by atoms with Crippen molar-refractivity contribution in [3.63, 3.8) is 0 Å². The summed E-state index contributed by atoms with van der Waals surface area (Å²) in [5.74, 6) is 0.00446. The summed E-state index contributed by atoms with van der Waals surface area (Å²) in [6, 6.07) is -0.624. The molecule has 4 atom stereocenters. The highest BCUT2D eigenvalue weighted by Crippen LogP contribution is 2.26. The minimum Gasteiger partial charge on any atom is -0.469 e. The Balaban J connectivity index is 2.17. The summed E-state index contributed by atoms with van der Waals surface area (Å²) in [6.07, 6.45) is -1.99. The van der Waals surface area contributed by atoms with Gasteiger partial charge in [0.2, 0.25) is 6.23 Å². The number of rotatable bonds is 1. The molecule has 0 aromatic rings. The topological polar surface area (TPSA) is 102 Å². The van der Waals surface area contributed by atoms with Gasteiger partial charge in [0.05, 0.1) is 0 Å². The molecule has 0 spiro atoms. The van der Waals surface area contributed by atoms with Gasteiger partial charge in [-0.2, -0.15) is 0 Å². The number of hydrogen-bond donors (Lipinski definition) is 4. The fourth-order valence-electron chi connectivity index (χ4n) is 1.55. The number of nitrogens with zero attached hydrogens (tertiary/aromatic N) is 1. The van der Waals surface area contributed by atoms with Gasteiger partial charge in [-0.15, -0.1) is 0 Å². The van der Waals surface area contributed by atoms with Gasteiger partial charge in [0, 0.05) is 6.20 Å². The highest BCUT2D eigenvalue weighted by atomic mass is 16.6. The van der Waals surface area contributed by atoms with Crippen LogP contribution in [0.15, 0.2) is 24.6 Å². The minimum atomic E-state index is -1.27. The van der Waals surface area contributed by atoms with Crippen LogP contribution < -0.4 is 5.32 Å². The number of aliphatic hydroxyl groups excluding tert-OH is 3. The third-order valence-corrected chi connectivity index (χ3v) is 2.43. The number of carbonyl (C=O) groups is 1. The first-order chi connectivity index (χ1) is 7.50. The minimum absolute atomic E-state index is 0.00446. The molecule has 1 unspecified atom stereocenters. The molecule has 7 heteroatoms. The number of carbonyl (C=O) groups excluding carboxylic acids is 1. The van der Waals surface area contributed by atoms with Crippen LogP contribution in [0.4, 0.5) is 4.79 Å². The highest BCUT2D eigenvalue weighted by Gasteiger charge is 2.44. The van der Waals surface area contributed by atoms with E-state index in [2.05, 4.69) is 11.9 Å². The summed E-state index contributed by atoms with van der Waals surface area (Å²) in [5.41, 5.74) is 0. The number of amides is 2. The molecule has 2 rings (SSSR count). The zero-order chi connectivity index (χ0) is 11.9. The first-order valence-electron chi connectivity index (χ1n) is 4.67. The first kappa shape index (κ1) is 10.9. The molecule has 1 fully saturated rings. The van der Waals surface area contributed by atoms with Crippen molar-refractivity contribution >= 4 is 6.03 Å². The van der Waals surface area contributed by atoms with Crippen LogP contribution in [0.25, 0.3) is 0 Å². The van der Waals surface area contributed by atoms with E-state index < -0.39 is 30.7 Å². The van der Waals surface area contributed by atoms with Crippen molar-refractivity contribution in [3.8, 4) is 0 Å². The summed E-state index contributed by atoms with van der Waals surface area (Å²) in [4.78, 5) is 12.5. The van der Waals surface area contributed by atoms with Crippen LogP contribution in [0.1, 0.15) is 0 Å². The lowest BCUT2D eigenvalue weighted by Crippen LogP contribution is -2.53. The molecular weight excluding hydrogens is 216 g/mol. The molecule has 0 radical (unpaired) electrons. The lowest BCUT2D eigenvalue weighted by molar-refractivity contribution is -0.0339. The van der Waals surface area contributed by atoms with Gasteiger partial charge in [0.15, 0.2) is 0 Å². The van der Waals surface area contributed by atoms with Gasteiger partial charge in [-0.1, -0.05) is 6.58 Å². The van der Waals surface area contributed by atoms with E-state index in [9.17, 15) is 15.0 Å². The Morgan fingerprint density at radius 3 is 2.62 bits per heavy atom.